The third-order valence-electron chi connectivity index (χ3n) is 2.33. The Morgan fingerprint density at radius 2 is 2.11 bits per heavy atom. The van der Waals surface area contributed by atoms with Gasteiger partial charge in [0, 0.05) is 0 Å². The van der Waals surface area contributed by atoms with Gasteiger partial charge in [-0.05, 0) is 30.7 Å². The fraction of sp³-hybridized carbons (Fsp3) is 0.182. The molecule has 18 heavy (non-hydrogen) atoms. The fourth-order valence-electron chi connectivity index (χ4n) is 1.41. The molecule has 2 rings (SSSR count). The number of nitrogens with two attached hydrogens (primary N) is 1. The average Bonchev–Trinajstić information content (AvgIpc) is 2.34. The first-order valence-electron chi connectivity index (χ1n) is 5.22. The first kappa shape index (κ1) is 12.5. The Kier molecular flexibility index (Phi) is 3.57. The number of anilines is 2. The highest BCUT2D eigenvalue weighted by atomic mass is 35.5. The van der Waals surface area contributed by atoms with Crippen molar-refractivity contribution in [2.45, 2.75) is 13.0 Å². The molecule has 0 radical (unpaired) electrons. The summed E-state index contributed by atoms with van der Waals surface area (Å²) in [6, 6.07) is 2.75. The zero-order valence-electron chi connectivity index (χ0n) is 9.56. The lowest BCUT2D eigenvalue weighted by atomic mass is 10.2. The Balaban J connectivity index is 2.18. The molecular formula is C11H11ClFN5. The molecule has 0 fully saturated rings. The van der Waals surface area contributed by atoms with Crippen molar-refractivity contribution < 1.29 is 4.39 Å². The Morgan fingerprint density at radius 1 is 1.33 bits per heavy atom. The summed E-state index contributed by atoms with van der Waals surface area (Å²) in [5.74, 6) is 0.0455. The summed E-state index contributed by atoms with van der Waals surface area (Å²) in [6.07, 6.45) is 2.58. The van der Waals surface area contributed by atoms with Crippen LogP contribution in [0.5, 0.6) is 0 Å². The molecule has 2 aromatic heterocycles. The molecule has 0 saturated carbocycles. The minimum atomic E-state index is -0.379. The summed E-state index contributed by atoms with van der Waals surface area (Å²) in [4.78, 5) is 11.7. The monoisotopic (exact) mass is 267 g/mol. The maximum atomic E-state index is 12.8. The van der Waals surface area contributed by atoms with Crippen LogP contribution in [0.2, 0.25) is 5.28 Å². The minimum absolute atomic E-state index is 0.103. The molecule has 2 aromatic rings. The summed E-state index contributed by atoms with van der Waals surface area (Å²) >= 11 is 5.68. The average molecular weight is 268 g/mol. The van der Waals surface area contributed by atoms with Crippen LogP contribution in [0.1, 0.15) is 18.7 Å². The van der Waals surface area contributed by atoms with Crippen molar-refractivity contribution in [1.29, 1.82) is 0 Å². The van der Waals surface area contributed by atoms with Gasteiger partial charge in [-0.15, -0.1) is 0 Å². The van der Waals surface area contributed by atoms with Crippen molar-refractivity contribution in [3.8, 4) is 0 Å². The van der Waals surface area contributed by atoms with Crippen molar-refractivity contribution in [1.82, 2.24) is 15.0 Å². The third kappa shape index (κ3) is 2.84. The van der Waals surface area contributed by atoms with E-state index < -0.39 is 0 Å². The van der Waals surface area contributed by atoms with Crippen LogP contribution in [0.15, 0.2) is 24.5 Å². The van der Waals surface area contributed by atoms with Crippen LogP contribution in [-0.4, -0.2) is 15.0 Å². The van der Waals surface area contributed by atoms with E-state index in [9.17, 15) is 4.39 Å². The van der Waals surface area contributed by atoms with E-state index in [2.05, 4.69) is 20.3 Å². The molecule has 0 aliphatic carbocycles. The SMILES string of the molecule is C[C@@H](Nc1nc(Cl)ncc1N)c1ccc(F)cn1. The number of nitrogen functional groups attached to an aromatic ring is 1. The molecule has 0 aliphatic rings. The van der Waals surface area contributed by atoms with Crippen LogP contribution in [0.3, 0.4) is 0 Å². The summed E-state index contributed by atoms with van der Waals surface area (Å²) in [7, 11) is 0. The maximum absolute atomic E-state index is 12.8. The normalized spacial score (nSPS) is 12.2. The Morgan fingerprint density at radius 3 is 2.78 bits per heavy atom. The first-order chi connectivity index (χ1) is 8.56. The van der Waals surface area contributed by atoms with Crippen LogP contribution >= 0.6 is 11.6 Å². The summed E-state index contributed by atoms with van der Waals surface area (Å²) in [5.41, 5.74) is 6.77. The second kappa shape index (κ2) is 5.14. The molecular weight excluding hydrogens is 257 g/mol. The van der Waals surface area contributed by atoms with E-state index in [1.165, 1.54) is 12.3 Å². The fourth-order valence-corrected chi connectivity index (χ4v) is 1.54. The lowest BCUT2D eigenvalue weighted by molar-refractivity contribution is 0.617. The lowest BCUT2D eigenvalue weighted by Gasteiger charge is -2.15. The third-order valence-corrected chi connectivity index (χ3v) is 2.52. The van der Waals surface area contributed by atoms with E-state index in [0.717, 1.165) is 6.20 Å². The van der Waals surface area contributed by atoms with Crippen molar-refractivity contribution in [2.24, 2.45) is 0 Å². The number of halogens is 2. The van der Waals surface area contributed by atoms with Gasteiger partial charge in [-0.25, -0.2) is 9.37 Å². The number of nitrogens with zero attached hydrogens (tertiary/aromatic N) is 3. The quantitative estimate of drug-likeness (QED) is 0.835. The smallest absolute Gasteiger partial charge is 0.224 e. The predicted molar refractivity (Wildman–Crippen MR) is 67.7 cm³/mol. The largest absolute Gasteiger partial charge is 0.394 e. The lowest BCUT2D eigenvalue weighted by Crippen LogP contribution is -2.11. The highest BCUT2D eigenvalue weighted by Crippen LogP contribution is 2.21. The molecule has 0 spiro atoms. The van der Waals surface area contributed by atoms with Gasteiger partial charge in [-0.1, -0.05) is 0 Å². The number of hydrogen-bond donors (Lipinski definition) is 2. The predicted octanol–water partition coefficient (Wildman–Crippen LogP) is 2.42. The van der Waals surface area contributed by atoms with Gasteiger partial charge >= 0.3 is 0 Å². The molecule has 3 N–H and O–H groups in total. The Bertz CT molecular complexity index is 546. The highest BCUT2D eigenvalue weighted by Gasteiger charge is 2.10. The van der Waals surface area contributed by atoms with E-state index in [0.29, 0.717) is 17.2 Å². The zero-order chi connectivity index (χ0) is 13.1. The summed E-state index contributed by atoms with van der Waals surface area (Å²) < 4.78 is 12.8. The second-order valence-electron chi connectivity index (χ2n) is 3.71. The highest BCUT2D eigenvalue weighted by molar-refractivity contribution is 6.28. The van der Waals surface area contributed by atoms with Gasteiger partial charge in [0.1, 0.15) is 5.82 Å². The molecule has 0 bridgehead atoms. The van der Waals surface area contributed by atoms with Crippen molar-refractivity contribution in [2.75, 3.05) is 11.1 Å². The molecule has 1 atom stereocenters. The van der Waals surface area contributed by atoms with Crippen LogP contribution < -0.4 is 11.1 Å². The number of aromatic nitrogens is 3. The number of hydrogen-bond acceptors (Lipinski definition) is 5. The number of nitrogens with one attached hydrogen (secondary N) is 1. The number of pyridine rings is 1. The molecule has 0 aromatic carbocycles. The van der Waals surface area contributed by atoms with Gasteiger partial charge < -0.3 is 11.1 Å². The standard InChI is InChI=1S/C11H11ClFN5/c1-6(9-3-2-7(13)4-15-9)17-10-8(14)5-16-11(12)18-10/h2-6H,14H2,1H3,(H,16,17,18)/t6-/m1/s1. The van der Waals surface area contributed by atoms with Gasteiger partial charge in [0.2, 0.25) is 5.28 Å². The van der Waals surface area contributed by atoms with Gasteiger partial charge in [0.15, 0.2) is 5.82 Å². The summed E-state index contributed by atoms with van der Waals surface area (Å²) in [6.45, 7) is 1.86. The maximum Gasteiger partial charge on any atom is 0.224 e. The Labute approximate surface area is 108 Å². The minimum Gasteiger partial charge on any atom is -0.394 e. The molecule has 94 valence electrons. The van der Waals surface area contributed by atoms with E-state index >= 15 is 0 Å². The molecule has 2 heterocycles. The van der Waals surface area contributed by atoms with Crippen LogP contribution in [0.25, 0.3) is 0 Å². The van der Waals surface area contributed by atoms with Gasteiger partial charge in [-0.2, -0.15) is 4.98 Å². The topological polar surface area (TPSA) is 76.7 Å². The Hall–Kier alpha value is -1.95. The zero-order valence-corrected chi connectivity index (χ0v) is 10.3. The van der Waals surface area contributed by atoms with Crippen molar-refractivity contribution >= 4 is 23.1 Å². The summed E-state index contributed by atoms with van der Waals surface area (Å²) in [5, 5.41) is 3.14. The number of rotatable bonds is 3. The van der Waals surface area contributed by atoms with Crippen molar-refractivity contribution in [3.63, 3.8) is 0 Å². The van der Waals surface area contributed by atoms with Crippen LogP contribution in [0.4, 0.5) is 15.9 Å². The van der Waals surface area contributed by atoms with Gasteiger partial charge in [-0.3, -0.25) is 4.98 Å². The molecule has 7 heteroatoms. The van der Waals surface area contributed by atoms with Crippen LogP contribution in [0, 0.1) is 5.82 Å². The molecule has 5 nitrogen and oxygen atoms in total. The van der Waals surface area contributed by atoms with Crippen molar-refractivity contribution in [3.05, 3.63) is 41.3 Å². The van der Waals surface area contributed by atoms with E-state index in [1.54, 1.807) is 6.07 Å². The molecule has 0 amide bonds. The first-order valence-corrected chi connectivity index (χ1v) is 5.60. The van der Waals surface area contributed by atoms with E-state index in [1.807, 2.05) is 6.92 Å². The van der Waals surface area contributed by atoms with Gasteiger partial charge in [0.25, 0.3) is 0 Å². The van der Waals surface area contributed by atoms with E-state index in [4.69, 9.17) is 17.3 Å². The van der Waals surface area contributed by atoms with Crippen LogP contribution in [-0.2, 0) is 0 Å². The molecule has 0 unspecified atom stereocenters. The van der Waals surface area contributed by atoms with Gasteiger partial charge in [0.05, 0.1) is 29.8 Å². The second-order valence-corrected chi connectivity index (χ2v) is 4.05. The molecule has 0 aliphatic heterocycles. The molecule has 0 saturated heterocycles. The van der Waals surface area contributed by atoms with E-state index in [-0.39, 0.29) is 17.1 Å².